The van der Waals surface area contributed by atoms with Crippen LogP contribution in [-0.4, -0.2) is 58.6 Å². The van der Waals surface area contributed by atoms with Crippen LogP contribution in [0.4, 0.5) is 15.9 Å². The Hall–Kier alpha value is -4.18. The molecule has 1 saturated heterocycles. The smallest absolute Gasteiger partial charge is 0.265 e. The van der Waals surface area contributed by atoms with Crippen molar-refractivity contribution in [1.82, 2.24) is 24.2 Å². The van der Waals surface area contributed by atoms with Gasteiger partial charge in [0.25, 0.3) is 5.56 Å². The Kier molecular flexibility index (Phi) is 7.92. The van der Waals surface area contributed by atoms with Crippen LogP contribution in [-0.2, 0) is 0 Å². The third kappa shape index (κ3) is 5.65. The van der Waals surface area contributed by atoms with Crippen LogP contribution in [0.25, 0.3) is 16.6 Å². The fourth-order valence-electron chi connectivity index (χ4n) is 4.11. The van der Waals surface area contributed by atoms with Gasteiger partial charge in [0, 0.05) is 44.9 Å². The number of hydrogen-bond donors (Lipinski definition) is 2. The van der Waals surface area contributed by atoms with Gasteiger partial charge in [0.15, 0.2) is 11.6 Å². The monoisotopic (exact) mass is 546 g/mol. The van der Waals surface area contributed by atoms with Crippen molar-refractivity contribution in [3.05, 3.63) is 76.7 Å². The number of pyridine rings is 1. The molecule has 0 atom stereocenters. The summed E-state index contributed by atoms with van der Waals surface area (Å²) < 4.78 is 27.0. The average molecular weight is 547 g/mol. The van der Waals surface area contributed by atoms with Crippen LogP contribution in [0.5, 0.6) is 11.5 Å². The molecule has 2 aromatic carbocycles. The number of halogens is 1. The number of nitrogens with one attached hydrogen (secondary N) is 2. The molecule has 0 saturated carbocycles. The number of nitriles is 1. The van der Waals surface area contributed by atoms with E-state index < -0.39 is 5.82 Å². The fourth-order valence-corrected chi connectivity index (χ4v) is 4.67. The molecule has 1 aliphatic rings. The van der Waals surface area contributed by atoms with E-state index in [2.05, 4.69) is 24.9 Å². The van der Waals surface area contributed by atoms with Gasteiger partial charge in [-0.25, -0.2) is 18.7 Å². The summed E-state index contributed by atoms with van der Waals surface area (Å²) in [5.74, 6) is 0.144. The van der Waals surface area contributed by atoms with Crippen LogP contribution >= 0.6 is 12.1 Å². The molecule has 0 radical (unpaired) electrons. The van der Waals surface area contributed by atoms with Crippen molar-refractivity contribution >= 4 is 34.5 Å². The maximum atomic E-state index is 14.8. The lowest BCUT2D eigenvalue weighted by Crippen LogP contribution is -2.43. The van der Waals surface area contributed by atoms with E-state index in [1.807, 2.05) is 36.5 Å². The summed E-state index contributed by atoms with van der Waals surface area (Å²) in [6.45, 7) is 6.29. The van der Waals surface area contributed by atoms with Crippen LogP contribution in [0.2, 0.25) is 0 Å². The highest BCUT2D eigenvalue weighted by molar-refractivity contribution is 7.98. The molecule has 12 heteroatoms. The third-order valence-corrected chi connectivity index (χ3v) is 7.26. The molecule has 0 amide bonds. The Morgan fingerprint density at radius 2 is 2.03 bits per heavy atom. The first-order chi connectivity index (χ1) is 19.0. The van der Waals surface area contributed by atoms with Gasteiger partial charge in [0.2, 0.25) is 0 Å². The first-order valence-corrected chi connectivity index (χ1v) is 13.2. The zero-order chi connectivity index (χ0) is 27.4. The maximum Gasteiger partial charge on any atom is 0.265 e. The van der Waals surface area contributed by atoms with E-state index in [0.717, 1.165) is 38.5 Å². The average Bonchev–Trinajstić information content (AvgIpc) is 2.98. The highest BCUT2D eigenvalue weighted by Gasteiger charge is 2.18. The van der Waals surface area contributed by atoms with E-state index in [1.54, 1.807) is 18.3 Å². The van der Waals surface area contributed by atoms with E-state index >= 15 is 0 Å². The van der Waals surface area contributed by atoms with Crippen molar-refractivity contribution in [2.24, 2.45) is 0 Å². The second-order valence-electron chi connectivity index (χ2n) is 8.86. The number of nitrogens with zero attached hydrogens (tertiary/aromatic N) is 6. The second kappa shape index (κ2) is 11.7. The van der Waals surface area contributed by atoms with Gasteiger partial charge >= 0.3 is 0 Å². The summed E-state index contributed by atoms with van der Waals surface area (Å²) >= 11 is 1.28. The molecule has 2 aromatic heterocycles. The molecule has 3 heterocycles. The zero-order valence-electron chi connectivity index (χ0n) is 21.5. The van der Waals surface area contributed by atoms with Gasteiger partial charge in [-0.1, -0.05) is 6.92 Å². The first-order valence-electron chi connectivity index (χ1n) is 12.5. The van der Waals surface area contributed by atoms with Crippen molar-refractivity contribution in [3.63, 3.8) is 0 Å². The molecular formula is C27H27FN8O2S. The van der Waals surface area contributed by atoms with Crippen molar-refractivity contribution in [3.8, 4) is 23.3 Å². The minimum absolute atomic E-state index is 0.0198. The molecule has 0 aliphatic carbocycles. The Bertz CT molecular complexity index is 1580. The van der Waals surface area contributed by atoms with E-state index in [1.165, 1.54) is 41.2 Å². The van der Waals surface area contributed by atoms with Gasteiger partial charge in [-0.2, -0.15) is 5.26 Å². The summed E-state index contributed by atoms with van der Waals surface area (Å²) in [6, 6.07) is 13.2. The SMILES string of the molecule is CCN(C)SNc1ccc(F)c(Oc2ccc3ncn(-c4ccc(N5CCNCC5)nc4)c(=O)c3c2)c1C#N. The number of fused-ring (bicyclic) bond motifs is 1. The van der Waals surface area contributed by atoms with Gasteiger partial charge in [0.05, 0.1) is 28.5 Å². The van der Waals surface area contributed by atoms with Crippen molar-refractivity contribution in [1.29, 1.82) is 5.26 Å². The van der Waals surface area contributed by atoms with Crippen LogP contribution in [0.15, 0.2) is 59.8 Å². The van der Waals surface area contributed by atoms with E-state index in [9.17, 15) is 14.4 Å². The van der Waals surface area contributed by atoms with Crippen molar-refractivity contribution < 1.29 is 9.13 Å². The van der Waals surface area contributed by atoms with Gasteiger partial charge < -0.3 is 19.7 Å². The zero-order valence-corrected chi connectivity index (χ0v) is 22.3. The lowest BCUT2D eigenvalue weighted by molar-refractivity contribution is 0.441. The highest BCUT2D eigenvalue weighted by Crippen LogP contribution is 2.34. The van der Waals surface area contributed by atoms with Gasteiger partial charge in [-0.3, -0.25) is 9.36 Å². The molecule has 0 bridgehead atoms. The Morgan fingerprint density at radius 1 is 1.21 bits per heavy atom. The first kappa shape index (κ1) is 26.4. The standard InChI is InChI=1S/C27H27FN8O2S/c1-3-34(2)39-33-24-8-6-22(28)26(21(24)15-29)38-19-5-7-23-20(14-19)27(37)36(17-32-23)18-4-9-25(31-16-18)35-12-10-30-11-13-35/h4-9,14,16-17,30,33H,3,10-13H2,1-2H3. The largest absolute Gasteiger partial charge is 0.453 e. The summed E-state index contributed by atoms with van der Waals surface area (Å²) in [4.78, 5) is 24.6. The number of hydrogen-bond acceptors (Lipinski definition) is 10. The van der Waals surface area contributed by atoms with Crippen molar-refractivity contribution in [2.45, 2.75) is 6.92 Å². The molecule has 1 fully saturated rings. The predicted molar refractivity (Wildman–Crippen MR) is 151 cm³/mol. The highest BCUT2D eigenvalue weighted by atomic mass is 32.2. The quantitative estimate of drug-likeness (QED) is 0.316. The molecule has 5 rings (SSSR count). The predicted octanol–water partition coefficient (Wildman–Crippen LogP) is 3.92. The molecule has 39 heavy (non-hydrogen) atoms. The number of piperazine rings is 1. The minimum Gasteiger partial charge on any atom is -0.453 e. The number of benzene rings is 2. The Morgan fingerprint density at radius 3 is 2.74 bits per heavy atom. The number of ether oxygens (including phenoxy) is 1. The molecule has 2 N–H and O–H groups in total. The summed E-state index contributed by atoms with van der Waals surface area (Å²) in [7, 11) is 1.89. The number of aromatic nitrogens is 3. The fraction of sp³-hybridized carbons (Fsp3) is 0.259. The Labute approximate surface area is 229 Å². The second-order valence-corrected chi connectivity index (χ2v) is 9.87. The molecule has 10 nitrogen and oxygen atoms in total. The number of rotatable bonds is 8. The summed E-state index contributed by atoms with van der Waals surface area (Å²) in [6.07, 6.45) is 3.11. The van der Waals surface area contributed by atoms with E-state index in [0.29, 0.717) is 16.9 Å². The number of anilines is 2. The van der Waals surface area contributed by atoms with Crippen molar-refractivity contribution in [2.75, 3.05) is 49.4 Å². The van der Waals surface area contributed by atoms with Crippen LogP contribution < -0.4 is 25.2 Å². The normalized spacial score (nSPS) is 13.5. The van der Waals surface area contributed by atoms with Crippen LogP contribution in [0.3, 0.4) is 0 Å². The Balaban J connectivity index is 1.45. The molecule has 0 spiro atoms. The lowest BCUT2D eigenvalue weighted by atomic mass is 10.1. The topological polar surface area (TPSA) is 111 Å². The van der Waals surface area contributed by atoms with Gasteiger partial charge in [-0.05, 0) is 49.5 Å². The molecular weight excluding hydrogens is 519 g/mol. The van der Waals surface area contributed by atoms with Gasteiger partial charge in [0.1, 0.15) is 29.5 Å². The maximum absolute atomic E-state index is 14.8. The molecule has 200 valence electrons. The van der Waals surface area contributed by atoms with Crippen LogP contribution in [0, 0.1) is 17.1 Å². The summed E-state index contributed by atoms with van der Waals surface area (Å²) in [5, 5.41) is 13.4. The van der Waals surface area contributed by atoms with Gasteiger partial charge in [-0.15, -0.1) is 0 Å². The van der Waals surface area contributed by atoms with E-state index in [4.69, 9.17) is 4.74 Å². The molecule has 4 aromatic rings. The third-order valence-electron chi connectivity index (χ3n) is 6.38. The molecule has 1 aliphatic heterocycles. The molecule has 0 unspecified atom stereocenters. The minimum atomic E-state index is -0.690. The van der Waals surface area contributed by atoms with Crippen LogP contribution in [0.1, 0.15) is 12.5 Å². The lowest BCUT2D eigenvalue weighted by Gasteiger charge is -2.28. The summed E-state index contributed by atoms with van der Waals surface area (Å²) in [5.41, 5.74) is 1.15. The van der Waals surface area contributed by atoms with E-state index in [-0.39, 0.29) is 28.0 Å².